The second kappa shape index (κ2) is 13.3. The van der Waals surface area contributed by atoms with Crippen LogP contribution in [0.4, 0.5) is 0 Å². The van der Waals surface area contributed by atoms with E-state index < -0.39 is 0 Å². The maximum Gasteiger partial charge on any atom is 0.240 e. The van der Waals surface area contributed by atoms with Crippen molar-refractivity contribution in [3.8, 4) is 0 Å². The van der Waals surface area contributed by atoms with Crippen LogP contribution in [0.15, 0.2) is 71.2 Å². The SMILES string of the molecule is CC(C)c1cc(C(C)C)c(B2c3ccccc3B(c3c(C(C)C)cc(C(C)C)cc3C(C)C)c3cc(Br)ccc32)c(C(C)C)c1. The van der Waals surface area contributed by atoms with Gasteiger partial charge in [-0.25, -0.2) is 0 Å². The molecule has 234 valence electrons. The zero-order valence-corrected chi connectivity index (χ0v) is 31.4. The summed E-state index contributed by atoms with van der Waals surface area (Å²) in [5, 5.41) is 0. The van der Waals surface area contributed by atoms with Gasteiger partial charge >= 0.3 is 0 Å². The predicted octanol–water partition coefficient (Wildman–Crippen LogP) is 8.54. The average Bonchev–Trinajstić information content (AvgIpc) is 2.98. The fraction of sp³-hybridized carbons (Fsp3) is 0.429. The van der Waals surface area contributed by atoms with Crippen LogP contribution in [0.25, 0.3) is 0 Å². The van der Waals surface area contributed by atoms with E-state index in [1.165, 1.54) is 66.2 Å². The molecule has 0 bridgehead atoms. The number of hydrogen-bond acceptors (Lipinski definition) is 0. The molecule has 4 aromatic carbocycles. The average molecular weight is 659 g/mol. The third-order valence-electron chi connectivity index (χ3n) is 10.2. The van der Waals surface area contributed by atoms with E-state index in [0.717, 1.165) is 4.47 Å². The van der Waals surface area contributed by atoms with Crippen LogP contribution in [-0.4, -0.2) is 13.4 Å². The molecule has 0 saturated heterocycles. The first-order chi connectivity index (χ1) is 21.2. The van der Waals surface area contributed by atoms with E-state index in [9.17, 15) is 0 Å². The monoisotopic (exact) mass is 658 g/mol. The minimum atomic E-state index is 0.181. The van der Waals surface area contributed by atoms with Gasteiger partial charge in [-0.2, -0.15) is 0 Å². The van der Waals surface area contributed by atoms with Crippen molar-refractivity contribution in [1.29, 1.82) is 0 Å². The Morgan fingerprint density at radius 1 is 0.400 bits per heavy atom. The first-order valence-corrected chi connectivity index (χ1v) is 18.2. The topological polar surface area (TPSA) is 0 Å². The number of hydrogen-bond donors (Lipinski definition) is 0. The fourth-order valence-corrected chi connectivity index (χ4v) is 8.12. The lowest BCUT2D eigenvalue weighted by Gasteiger charge is -2.37. The quantitative estimate of drug-likeness (QED) is 0.147. The minimum Gasteiger partial charge on any atom is -0.0733 e. The van der Waals surface area contributed by atoms with Gasteiger partial charge < -0.3 is 0 Å². The Kier molecular flexibility index (Phi) is 10.0. The van der Waals surface area contributed by atoms with Gasteiger partial charge in [0.05, 0.1) is 0 Å². The van der Waals surface area contributed by atoms with Crippen LogP contribution in [0.2, 0.25) is 0 Å². The molecule has 0 unspecified atom stereocenters. The number of benzene rings is 4. The normalized spacial score (nSPS) is 13.2. The van der Waals surface area contributed by atoms with E-state index in [1.54, 1.807) is 0 Å². The van der Waals surface area contributed by atoms with E-state index in [2.05, 4.69) is 166 Å². The highest BCUT2D eigenvalue weighted by molar-refractivity contribution is 9.10. The van der Waals surface area contributed by atoms with Gasteiger partial charge in [-0.1, -0.05) is 192 Å². The van der Waals surface area contributed by atoms with Crippen molar-refractivity contribution in [3.05, 3.63) is 105 Å². The first-order valence-electron chi connectivity index (χ1n) is 17.5. The maximum absolute atomic E-state index is 3.93. The Balaban J connectivity index is 1.92. The zero-order valence-electron chi connectivity index (χ0n) is 29.8. The molecule has 0 aromatic heterocycles. The second-order valence-electron chi connectivity index (χ2n) is 15.4. The van der Waals surface area contributed by atoms with Gasteiger partial charge in [0.25, 0.3) is 0 Å². The highest BCUT2D eigenvalue weighted by atomic mass is 79.9. The van der Waals surface area contributed by atoms with Crippen molar-refractivity contribution in [3.63, 3.8) is 0 Å². The molecule has 0 aliphatic carbocycles. The molecule has 1 aliphatic rings. The first kappa shape index (κ1) is 33.8. The van der Waals surface area contributed by atoms with Gasteiger partial charge in [-0.15, -0.1) is 0 Å². The Morgan fingerprint density at radius 3 is 1.07 bits per heavy atom. The number of fused-ring (bicyclic) bond motifs is 2. The van der Waals surface area contributed by atoms with Crippen molar-refractivity contribution < 1.29 is 0 Å². The summed E-state index contributed by atoms with van der Waals surface area (Å²) in [6.45, 7) is 28.8. The molecule has 1 heterocycles. The number of halogens is 1. The molecule has 5 rings (SSSR count). The van der Waals surface area contributed by atoms with E-state index in [-0.39, 0.29) is 13.4 Å². The van der Waals surface area contributed by atoms with Gasteiger partial charge in [0.1, 0.15) is 0 Å². The largest absolute Gasteiger partial charge is 0.240 e. The summed E-state index contributed by atoms with van der Waals surface area (Å²) in [6.07, 6.45) is 0. The van der Waals surface area contributed by atoms with Gasteiger partial charge in [-0.05, 0) is 75.0 Å². The van der Waals surface area contributed by atoms with Crippen LogP contribution < -0.4 is 32.8 Å². The van der Waals surface area contributed by atoms with E-state index >= 15 is 0 Å². The molecule has 45 heavy (non-hydrogen) atoms. The molecular formula is C42H53B2Br. The Hall–Kier alpha value is -2.51. The third-order valence-corrected chi connectivity index (χ3v) is 10.7. The molecule has 1 aliphatic heterocycles. The maximum atomic E-state index is 3.93. The molecule has 3 heteroatoms. The van der Waals surface area contributed by atoms with Crippen molar-refractivity contribution >= 4 is 62.1 Å². The van der Waals surface area contributed by atoms with Crippen molar-refractivity contribution in [2.24, 2.45) is 0 Å². The van der Waals surface area contributed by atoms with Gasteiger partial charge in [0, 0.05) is 4.47 Å². The Bertz CT molecular complexity index is 1630. The zero-order chi connectivity index (χ0) is 32.9. The Morgan fingerprint density at radius 2 is 0.733 bits per heavy atom. The Labute approximate surface area is 284 Å². The summed E-state index contributed by atoms with van der Waals surface area (Å²) < 4.78 is 1.16. The van der Waals surface area contributed by atoms with Crippen molar-refractivity contribution in [2.75, 3.05) is 0 Å². The van der Waals surface area contributed by atoms with Gasteiger partial charge in [-0.3, -0.25) is 0 Å². The minimum absolute atomic E-state index is 0.181. The van der Waals surface area contributed by atoms with E-state index in [4.69, 9.17) is 0 Å². The van der Waals surface area contributed by atoms with Crippen LogP contribution in [0.3, 0.4) is 0 Å². The van der Waals surface area contributed by atoms with E-state index in [0.29, 0.717) is 35.5 Å². The molecule has 0 spiro atoms. The lowest BCUT2D eigenvalue weighted by Crippen LogP contribution is -2.76. The van der Waals surface area contributed by atoms with Gasteiger partial charge in [0.15, 0.2) is 0 Å². The summed E-state index contributed by atoms with van der Waals surface area (Å²) in [5.41, 5.74) is 17.8. The van der Waals surface area contributed by atoms with E-state index in [1.807, 2.05) is 0 Å². The van der Waals surface area contributed by atoms with Crippen LogP contribution in [0.5, 0.6) is 0 Å². The van der Waals surface area contributed by atoms with Crippen LogP contribution in [-0.2, 0) is 0 Å². The predicted molar refractivity (Wildman–Crippen MR) is 207 cm³/mol. The molecule has 0 nitrogen and oxygen atoms in total. The highest BCUT2D eigenvalue weighted by Gasteiger charge is 2.42. The molecule has 0 amide bonds. The second-order valence-corrected chi connectivity index (χ2v) is 16.3. The van der Waals surface area contributed by atoms with Crippen molar-refractivity contribution in [2.45, 2.75) is 119 Å². The van der Waals surface area contributed by atoms with Gasteiger partial charge in [0.2, 0.25) is 13.4 Å². The standard InChI is InChI=1S/C42H53B2Br/c1-24(2)30-19-33(26(5)6)41(34(20-30)27(7)8)43-37-15-13-14-16-38(37)44(40-23-32(45)17-18-39(40)43)42-35(28(9)10)21-31(25(3)4)22-36(42)29(11)12/h13-29H,1-12H3. The fourth-order valence-electron chi connectivity index (χ4n) is 7.74. The smallest absolute Gasteiger partial charge is 0.0733 e. The molecule has 0 N–H and O–H groups in total. The summed E-state index contributed by atoms with van der Waals surface area (Å²) in [6, 6.07) is 26.7. The molecule has 0 saturated carbocycles. The van der Waals surface area contributed by atoms with Crippen LogP contribution in [0, 0.1) is 0 Å². The lowest BCUT2D eigenvalue weighted by atomic mass is 9.20. The molecule has 4 aromatic rings. The molecule has 0 fully saturated rings. The molecule has 0 radical (unpaired) electrons. The van der Waals surface area contributed by atoms with Crippen LogP contribution in [0.1, 0.15) is 152 Å². The van der Waals surface area contributed by atoms with Crippen molar-refractivity contribution in [1.82, 2.24) is 0 Å². The third kappa shape index (κ3) is 6.28. The summed E-state index contributed by atoms with van der Waals surface area (Å²) in [7, 11) is 0. The van der Waals surface area contributed by atoms with Crippen LogP contribution >= 0.6 is 15.9 Å². The lowest BCUT2D eigenvalue weighted by molar-refractivity contribution is 0.812. The summed E-state index contributed by atoms with van der Waals surface area (Å²) in [4.78, 5) is 0. The molecule has 0 atom stereocenters. The molecular weight excluding hydrogens is 606 g/mol. The number of rotatable bonds is 8. The summed E-state index contributed by atoms with van der Waals surface area (Å²) >= 11 is 3.93. The summed E-state index contributed by atoms with van der Waals surface area (Å²) in [5.74, 6) is 2.72. The highest BCUT2D eigenvalue weighted by Crippen LogP contribution is 2.29.